The minimum Gasteiger partial charge on any atom is -0.467 e. The van der Waals surface area contributed by atoms with Gasteiger partial charge in [0.25, 0.3) is 0 Å². The maximum Gasteiger partial charge on any atom is 0.411 e. The second kappa shape index (κ2) is 5.72. The van der Waals surface area contributed by atoms with Crippen molar-refractivity contribution in [3.05, 3.63) is 0 Å². The highest BCUT2D eigenvalue weighted by Crippen LogP contribution is 2.36. The Morgan fingerprint density at radius 3 is 2.18 bits per heavy atom. The summed E-state index contributed by atoms with van der Waals surface area (Å²) in [5.74, 6) is -0.612. The fraction of sp³-hybridized carbons (Fsp3) is 0.857. The van der Waals surface area contributed by atoms with Crippen LogP contribution < -0.4 is 0 Å². The molecule has 1 aliphatic carbocycles. The molecule has 8 heteroatoms. The molecule has 1 aliphatic heterocycles. The molecule has 0 bridgehead atoms. The number of nitrogens with zero attached hydrogens (tertiary/aromatic N) is 1. The number of carbonyl (C=O) groups is 2. The van der Waals surface area contributed by atoms with Gasteiger partial charge in [0.2, 0.25) is 0 Å². The van der Waals surface area contributed by atoms with Crippen LogP contribution in [0.2, 0.25) is 0 Å². The number of carbonyl (C=O) groups excluding carboxylic acids is 2. The number of hydrogen-bond donors (Lipinski definition) is 0. The fourth-order valence-electron chi connectivity index (χ4n) is 2.59. The Bertz CT molecular complexity index is 560. The van der Waals surface area contributed by atoms with Crippen LogP contribution in [-0.2, 0) is 24.1 Å². The largest absolute Gasteiger partial charge is 0.467 e. The van der Waals surface area contributed by atoms with Crippen LogP contribution in [0.3, 0.4) is 0 Å². The van der Waals surface area contributed by atoms with Crippen LogP contribution in [0.25, 0.3) is 0 Å². The summed E-state index contributed by atoms with van der Waals surface area (Å²) in [6, 6.07) is -0.904. The predicted octanol–water partition coefficient (Wildman–Crippen LogP) is 1.11. The Labute approximate surface area is 130 Å². The lowest BCUT2D eigenvalue weighted by Crippen LogP contribution is -2.44. The first kappa shape index (κ1) is 17.1. The van der Waals surface area contributed by atoms with Crippen molar-refractivity contribution in [3.8, 4) is 0 Å². The third-order valence-electron chi connectivity index (χ3n) is 3.82. The molecule has 1 saturated heterocycles. The highest BCUT2D eigenvalue weighted by Gasteiger charge is 2.50. The van der Waals surface area contributed by atoms with E-state index in [1.165, 1.54) is 12.0 Å². The van der Waals surface area contributed by atoms with E-state index in [-0.39, 0.29) is 18.2 Å². The minimum atomic E-state index is -3.31. The number of hydrogen-bond acceptors (Lipinski definition) is 6. The Hall–Kier alpha value is -1.31. The first-order valence-corrected chi connectivity index (χ1v) is 8.97. The number of sulfone groups is 1. The van der Waals surface area contributed by atoms with Crippen molar-refractivity contribution in [2.45, 2.75) is 62.2 Å². The molecular weight excluding hydrogens is 310 g/mol. The monoisotopic (exact) mass is 333 g/mol. The van der Waals surface area contributed by atoms with E-state index >= 15 is 0 Å². The maximum atomic E-state index is 12.4. The molecule has 2 fully saturated rings. The molecule has 0 N–H and O–H groups in total. The van der Waals surface area contributed by atoms with Gasteiger partial charge >= 0.3 is 12.1 Å². The SMILES string of the molecule is COC(=O)[C@@H]1C[C@@H](S(=O)(=O)C2CC2)CN1C(=O)OC(C)(C)C. The average molecular weight is 333 g/mol. The van der Waals surface area contributed by atoms with Gasteiger partial charge in [-0.15, -0.1) is 0 Å². The Morgan fingerprint density at radius 2 is 1.73 bits per heavy atom. The molecule has 0 aromatic heterocycles. The molecule has 1 saturated carbocycles. The van der Waals surface area contributed by atoms with E-state index in [2.05, 4.69) is 0 Å². The summed E-state index contributed by atoms with van der Waals surface area (Å²) in [4.78, 5) is 25.3. The van der Waals surface area contributed by atoms with Gasteiger partial charge in [-0.2, -0.15) is 0 Å². The van der Waals surface area contributed by atoms with Gasteiger partial charge in [-0.05, 0) is 40.0 Å². The zero-order chi connectivity index (χ0) is 16.7. The third-order valence-corrected chi connectivity index (χ3v) is 6.49. The topological polar surface area (TPSA) is 90.0 Å². The van der Waals surface area contributed by atoms with E-state index < -0.39 is 38.8 Å². The summed E-state index contributed by atoms with van der Waals surface area (Å²) in [7, 11) is -2.09. The molecule has 1 amide bonds. The molecule has 126 valence electrons. The van der Waals surface area contributed by atoms with E-state index in [4.69, 9.17) is 9.47 Å². The van der Waals surface area contributed by atoms with E-state index in [9.17, 15) is 18.0 Å². The summed E-state index contributed by atoms with van der Waals surface area (Å²) in [6.07, 6.45) is 0.712. The van der Waals surface area contributed by atoms with E-state index in [0.717, 1.165) is 0 Å². The molecule has 1 heterocycles. The molecule has 0 radical (unpaired) electrons. The molecule has 2 atom stereocenters. The van der Waals surface area contributed by atoms with Gasteiger partial charge in [-0.25, -0.2) is 18.0 Å². The van der Waals surface area contributed by atoms with Crippen molar-refractivity contribution in [2.75, 3.05) is 13.7 Å². The van der Waals surface area contributed by atoms with Crippen LogP contribution in [0, 0.1) is 0 Å². The second-order valence-corrected chi connectivity index (χ2v) is 9.33. The smallest absolute Gasteiger partial charge is 0.411 e. The summed E-state index contributed by atoms with van der Waals surface area (Å²) < 4.78 is 34.7. The van der Waals surface area contributed by atoms with Gasteiger partial charge in [0.1, 0.15) is 11.6 Å². The standard InChI is InChI=1S/C14H23NO6S/c1-14(2,3)21-13(17)15-8-10(7-11(15)12(16)20-4)22(18,19)9-5-6-9/h9-11H,5-8H2,1-4H3/t10-,11+/m1/s1. The highest BCUT2D eigenvalue weighted by molar-refractivity contribution is 7.93. The van der Waals surface area contributed by atoms with Gasteiger partial charge in [-0.3, -0.25) is 4.90 Å². The van der Waals surface area contributed by atoms with Crippen LogP contribution in [0.15, 0.2) is 0 Å². The van der Waals surface area contributed by atoms with Crippen molar-refractivity contribution in [1.82, 2.24) is 4.90 Å². The zero-order valence-electron chi connectivity index (χ0n) is 13.4. The normalized spacial score (nSPS) is 25.9. The lowest BCUT2D eigenvalue weighted by atomic mass is 10.2. The molecule has 0 spiro atoms. The van der Waals surface area contributed by atoms with Gasteiger partial charge < -0.3 is 9.47 Å². The minimum absolute atomic E-state index is 0.0203. The summed E-state index contributed by atoms with van der Waals surface area (Å²) in [6.45, 7) is 5.12. The Morgan fingerprint density at radius 1 is 1.14 bits per heavy atom. The van der Waals surface area contributed by atoms with Gasteiger partial charge in [-0.1, -0.05) is 0 Å². The van der Waals surface area contributed by atoms with Gasteiger partial charge in [0, 0.05) is 6.54 Å². The molecular formula is C14H23NO6S. The first-order chi connectivity index (χ1) is 10.1. The average Bonchev–Trinajstić information content (AvgIpc) is 3.14. The molecule has 2 rings (SSSR count). The molecule has 22 heavy (non-hydrogen) atoms. The summed E-state index contributed by atoms with van der Waals surface area (Å²) >= 11 is 0. The summed E-state index contributed by atoms with van der Waals surface area (Å²) in [5.41, 5.74) is -0.717. The van der Waals surface area contributed by atoms with Crippen molar-refractivity contribution >= 4 is 21.9 Å². The van der Waals surface area contributed by atoms with Crippen LogP contribution >= 0.6 is 0 Å². The van der Waals surface area contributed by atoms with Gasteiger partial charge in [0.15, 0.2) is 9.84 Å². The molecule has 0 unspecified atom stereocenters. The number of esters is 1. The molecule has 0 aromatic carbocycles. The summed E-state index contributed by atoms with van der Waals surface area (Å²) in [5, 5.41) is -1.05. The highest BCUT2D eigenvalue weighted by atomic mass is 32.2. The Balaban J connectivity index is 2.18. The van der Waals surface area contributed by atoms with Crippen LogP contribution in [0.4, 0.5) is 4.79 Å². The van der Waals surface area contributed by atoms with Crippen LogP contribution in [0.1, 0.15) is 40.0 Å². The van der Waals surface area contributed by atoms with E-state index in [1.807, 2.05) is 0 Å². The molecule has 0 aromatic rings. The van der Waals surface area contributed by atoms with Crippen LogP contribution in [0.5, 0.6) is 0 Å². The molecule has 7 nitrogen and oxygen atoms in total. The Kier molecular flexibility index (Phi) is 4.43. The number of methoxy groups -OCH3 is 1. The number of likely N-dealkylation sites (tertiary alicyclic amines) is 1. The predicted molar refractivity (Wildman–Crippen MR) is 79.1 cm³/mol. The number of amides is 1. The van der Waals surface area contributed by atoms with Crippen molar-refractivity contribution < 1.29 is 27.5 Å². The zero-order valence-corrected chi connectivity index (χ0v) is 14.2. The van der Waals surface area contributed by atoms with Crippen molar-refractivity contribution in [1.29, 1.82) is 0 Å². The third kappa shape index (κ3) is 3.53. The lowest BCUT2D eigenvalue weighted by Gasteiger charge is -2.27. The quantitative estimate of drug-likeness (QED) is 0.719. The molecule has 2 aliphatic rings. The van der Waals surface area contributed by atoms with E-state index in [1.54, 1.807) is 20.8 Å². The fourth-order valence-corrected chi connectivity index (χ4v) is 4.74. The second-order valence-electron chi connectivity index (χ2n) is 6.82. The van der Waals surface area contributed by atoms with Crippen LogP contribution in [-0.4, -0.2) is 61.2 Å². The first-order valence-electron chi connectivity index (χ1n) is 7.36. The van der Waals surface area contributed by atoms with Gasteiger partial charge in [0.05, 0.1) is 17.6 Å². The van der Waals surface area contributed by atoms with Crippen molar-refractivity contribution in [3.63, 3.8) is 0 Å². The maximum absolute atomic E-state index is 12.4. The number of ether oxygens (including phenoxy) is 2. The lowest BCUT2D eigenvalue weighted by molar-refractivity contribution is -0.145. The van der Waals surface area contributed by atoms with E-state index in [0.29, 0.717) is 12.8 Å². The van der Waals surface area contributed by atoms with Crippen molar-refractivity contribution in [2.24, 2.45) is 0 Å². The number of rotatable bonds is 3.